The number of urea groups is 1. The van der Waals surface area contributed by atoms with Gasteiger partial charge in [-0.25, -0.2) is 4.79 Å². The fourth-order valence-corrected chi connectivity index (χ4v) is 3.15. The number of hydrogen-bond acceptors (Lipinski definition) is 4. The van der Waals surface area contributed by atoms with E-state index in [4.69, 9.17) is 0 Å². The number of pyridine rings is 1. The maximum absolute atomic E-state index is 12.2. The predicted molar refractivity (Wildman–Crippen MR) is 77.5 cm³/mol. The molecule has 0 bridgehead atoms. The van der Waals surface area contributed by atoms with Gasteiger partial charge in [-0.1, -0.05) is 6.07 Å². The molecule has 112 valence electrons. The van der Waals surface area contributed by atoms with Gasteiger partial charge in [0.25, 0.3) is 5.91 Å². The number of rotatable bonds is 2. The highest BCUT2D eigenvalue weighted by Gasteiger charge is 2.50. The van der Waals surface area contributed by atoms with Crippen molar-refractivity contribution in [2.75, 3.05) is 20.1 Å². The molecule has 0 aromatic carbocycles. The van der Waals surface area contributed by atoms with Crippen molar-refractivity contribution < 1.29 is 9.59 Å². The van der Waals surface area contributed by atoms with Crippen molar-refractivity contribution in [2.24, 2.45) is 0 Å². The third-order valence-corrected chi connectivity index (χ3v) is 4.41. The summed E-state index contributed by atoms with van der Waals surface area (Å²) in [6.45, 7) is 4.47. The monoisotopic (exact) mass is 288 g/mol. The molecule has 0 radical (unpaired) electrons. The van der Waals surface area contributed by atoms with Crippen LogP contribution < -0.4 is 5.32 Å². The number of piperidine rings is 1. The summed E-state index contributed by atoms with van der Waals surface area (Å²) in [4.78, 5) is 31.6. The zero-order chi connectivity index (χ0) is 15.0. The van der Waals surface area contributed by atoms with E-state index in [1.165, 1.54) is 17.5 Å². The molecule has 3 amide bonds. The Kier molecular flexibility index (Phi) is 3.41. The van der Waals surface area contributed by atoms with E-state index in [0.717, 1.165) is 25.2 Å². The first kappa shape index (κ1) is 14.0. The van der Waals surface area contributed by atoms with Crippen LogP contribution in [0, 0.1) is 6.92 Å². The maximum Gasteiger partial charge on any atom is 0.324 e. The Balaban J connectivity index is 1.63. The minimum Gasteiger partial charge on any atom is -0.323 e. The predicted octanol–water partition coefficient (Wildman–Crippen LogP) is 0.906. The van der Waals surface area contributed by atoms with Crippen molar-refractivity contribution >= 4 is 11.9 Å². The molecular weight excluding hydrogens is 268 g/mol. The van der Waals surface area contributed by atoms with Crippen LogP contribution in [0.25, 0.3) is 0 Å². The summed E-state index contributed by atoms with van der Waals surface area (Å²) in [5.41, 5.74) is 1.67. The Morgan fingerprint density at radius 3 is 2.57 bits per heavy atom. The minimum atomic E-state index is -0.673. The van der Waals surface area contributed by atoms with E-state index >= 15 is 0 Å². The smallest absolute Gasteiger partial charge is 0.323 e. The number of nitrogens with one attached hydrogen (secondary N) is 1. The summed E-state index contributed by atoms with van der Waals surface area (Å²) < 4.78 is 0. The molecule has 1 aromatic rings. The standard InChI is InChI=1S/C15H20N4O2/c1-11-7-12(9-16-8-11)10-19-5-3-15(4-6-19)13(20)18(2)14(21)17-15/h7-9H,3-6,10H2,1-2H3,(H,17,21). The van der Waals surface area contributed by atoms with Gasteiger partial charge in [-0.3, -0.25) is 19.6 Å². The number of aromatic nitrogens is 1. The molecule has 3 rings (SSSR count). The van der Waals surface area contributed by atoms with Crippen molar-refractivity contribution in [3.8, 4) is 0 Å². The van der Waals surface area contributed by atoms with Crippen molar-refractivity contribution in [3.05, 3.63) is 29.6 Å². The van der Waals surface area contributed by atoms with Crippen LogP contribution in [0.4, 0.5) is 4.79 Å². The van der Waals surface area contributed by atoms with E-state index in [-0.39, 0.29) is 11.9 Å². The minimum absolute atomic E-state index is 0.0932. The first-order valence-corrected chi connectivity index (χ1v) is 7.23. The van der Waals surface area contributed by atoms with Gasteiger partial charge in [-0.2, -0.15) is 0 Å². The molecule has 2 aliphatic heterocycles. The highest BCUT2D eigenvalue weighted by Crippen LogP contribution is 2.29. The van der Waals surface area contributed by atoms with Gasteiger partial charge >= 0.3 is 6.03 Å². The fraction of sp³-hybridized carbons (Fsp3) is 0.533. The molecule has 1 spiro atoms. The van der Waals surface area contributed by atoms with Crippen molar-refractivity contribution in [1.29, 1.82) is 0 Å². The number of likely N-dealkylation sites (N-methyl/N-ethyl adjacent to an activating group) is 1. The van der Waals surface area contributed by atoms with Gasteiger partial charge in [0.05, 0.1) is 0 Å². The third-order valence-electron chi connectivity index (χ3n) is 4.41. The van der Waals surface area contributed by atoms with Gasteiger partial charge < -0.3 is 5.32 Å². The Labute approximate surface area is 124 Å². The van der Waals surface area contributed by atoms with E-state index in [1.54, 1.807) is 0 Å². The summed E-state index contributed by atoms with van der Waals surface area (Å²) in [7, 11) is 1.54. The lowest BCUT2D eigenvalue weighted by Crippen LogP contribution is -2.54. The molecule has 2 fully saturated rings. The highest BCUT2D eigenvalue weighted by molar-refractivity contribution is 6.06. The average Bonchev–Trinajstić information content (AvgIpc) is 2.67. The summed E-state index contributed by atoms with van der Waals surface area (Å²) in [5.74, 6) is -0.0932. The number of carbonyl (C=O) groups excluding carboxylic acids is 2. The zero-order valence-corrected chi connectivity index (χ0v) is 12.4. The molecule has 1 N–H and O–H groups in total. The summed E-state index contributed by atoms with van der Waals surface area (Å²) in [6.07, 6.45) is 5.06. The second-order valence-corrected chi connectivity index (χ2v) is 6.02. The normalized spacial score (nSPS) is 21.9. The van der Waals surface area contributed by atoms with E-state index in [2.05, 4.69) is 21.3 Å². The molecule has 6 nitrogen and oxygen atoms in total. The van der Waals surface area contributed by atoms with Crippen LogP contribution in [0.15, 0.2) is 18.5 Å². The van der Waals surface area contributed by atoms with Crippen LogP contribution in [0.2, 0.25) is 0 Å². The molecule has 21 heavy (non-hydrogen) atoms. The average molecular weight is 288 g/mol. The van der Waals surface area contributed by atoms with Crippen LogP contribution in [0.1, 0.15) is 24.0 Å². The molecule has 0 aliphatic carbocycles. The number of hydrogen-bond donors (Lipinski definition) is 1. The molecule has 3 heterocycles. The Morgan fingerprint density at radius 1 is 1.29 bits per heavy atom. The number of amides is 3. The summed E-state index contributed by atoms with van der Waals surface area (Å²) >= 11 is 0. The van der Waals surface area contributed by atoms with Gasteiger partial charge in [0, 0.05) is 39.1 Å². The van der Waals surface area contributed by atoms with E-state index in [9.17, 15) is 9.59 Å². The van der Waals surface area contributed by atoms with Crippen LogP contribution in [-0.4, -0.2) is 52.4 Å². The first-order chi connectivity index (χ1) is 10.00. The summed E-state index contributed by atoms with van der Waals surface area (Å²) in [5, 5.41) is 2.86. The van der Waals surface area contributed by atoms with E-state index in [0.29, 0.717) is 12.8 Å². The van der Waals surface area contributed by atoms with E-state index in [1.807, 2.05) is 19.3 Å². The number of likely N-dealkylation sites (tertiary alicyclic amines) is 1. The Morgan fingerprint density at radius 2 is 2.00 bits per heavy atom. The zero-order valence-electron chi connectivity index (χ0n) is 12.4. The molecule has 2 saturated heterocycles. The number of aryl methyl sites for hydroxylation is 1. The van der Waals surface area contributed by atoms with Crippen molar-refractivity contribution in [3.63, 3.8) is 0 Å². The molecule has 1 aromatic heterocycles. The van der Waals surface area contributed by atoms with Crippen molar-refractivity contribution in [1.82, 2.24) is 20.1 Å². The number of carbonyl (C=O) groups is 2. The van der Waals surface area contributed by atoms with Crippen LogP contribution in [0.3, 0.4) is 0 Å². The van der Waals surface area contributed by atoms with Gasteiger partial charge in [0.15, 0.2) is 0 Å². The van der Waals surface area contributed by atoms with E-state index < -0.39 is 5.54 Å². The Bertz CT molecular complexity index is 579. The SMILES string of the molecule is Cc1cncc(CN2CCC3(CC2)NC(=O)N(C)C3=O)c1. The van der Waals surface area contributed by atoms with Gasteiger partial charge in [0.2, 0.25) is 0 Å². The lowest BCUT2D eigenvalue weighted by atomic mass is 9.87. The van der Waals surface area contributed by atoms with Gasteiger partial charge in [0.1, 0.15) is 5.54 Å². The largest absolute Gasteiger partial charge is 0.324 e. The molecule has 2 aliphatic rings. The van der Waals surface area contributed by atoms with Crippen molar-refractivity contribution in [2.45, 2.75) is 31.8 Å². The molecular formula is C15H20N4O2. The summed E-state index contributed by atoms with van der Waals surface area (Å²) in [6, 6.07) is 1.85. The maximum atomic E-state index is 12.2. The highest BCUT2D eigenvalue weighted by atomic mass is 16.2. The molecule has 6 heteroatoms. The fourth-order valence-electron chi connectivity index (χ4n) is 3.15. The quantitative estimate of drug-likeness (QED) is 0.821. The molecule has 0 atom stereocenters. The third kappa shape index (κ3) is 2.51. The topological polar surface area (TPSA) is 65.5 Å². The van der Waals surface area contributed by atoms with Gasteiger partial charge in [-0.05, 0) is 30.9 Å². The number of nitrogens with zero attached hydrogens (tertiary/aromatic N) is 3. The Hall–Kier alpha value is -1.95. The van der Waals surface area contributed by atoms with Crippen LogP contribution in [-0.2, 0) is 11.3 Å². The first-order valence-electron chi connectivity index (χ1n) is 7.23. The van der Waals surface area contributed by atoms with Gasteiger partial charge in [-0.15, -0.1) is 0 Å². The molecule has 0 unspecified atom stereocenters. The molecule has 0 saturated carbocycles. The van der Waals surface area contributed by atoms with Crippen LogP contribution >= 0.6 is 0 Å². The lowest BCUT2D eigenvalue weighted by Gasteiger charge is -2.37. The number of imide groups is 1. The van der Waals surface area contributed by atoms with Crippen LogP contribution in [0.5, 0.6) is 0 Å². The lowest BCUT2D eigenvalue weighted by molar-refractivity contribution is -0.132. The second kappa shape index (κ2) is 5.11. The second-order valence-electron chi connectivity index (χ2n) is 6.02.